The van der Waals surface area contributed by atoms with Gasteiger partial charge in [0.15, 0.2) is 5.82 Å². The van der Waals surface area contributed by atoms with E-state index >= 15 is 0 Å². The number of piperidine rings is 1. The van der Waals surface area contributed by atoms with Crippen LogP contribution >= 0.6 is 11.6 Å². The summed E-state index contributed by atoms with van der Waals surface area (Å²) >= 11 is 6.03. The molecule has 3 aromatic heterocycles. The third-order valence-electron chi connectivity index (χ3n) is 4.45. The summed E-state index contributed by atoms with van der Waals surface area (Å²) < 4.78 is 5.49. The Hall–Kier alpha value is -2.51. The molecule has 0 unspecified atom stereocenters. The van der Waals surface area contributed by atoms with Crippen molar-refractivity contribution >= 4 is 28.3 Å². The number of hydrogen-bond acceptors (Lipinski definition) is 7. The number of halogens is 1. The quantitative estimate of drug-likeness (QED) is 0.708. The van der Waals surface area contributed by atoms with Gasteiger partial charge in [-0.2, -0.15) is 0 Å². The molecular weight excluding hydrogens is 354 g/mol. The molecule has 7 nitrogen and oxygen atoms in total. The average Bonchev–Trinajstić information content (AvgIpc) is 2.66. The first-order valence-electron chi connectivity index (χ1n) is 8.40. The molecule has 1 N–H and O–H groups in total. The van der Waals surface area contributed by atoms with E-state index < -0.39 is 0 Å². The van der Waals surface area contributed by atoms with Crippen LogP contribution in [0.4, 0.5) is 5.82 Å². The average molecular weight is 372 g/mol. The van der Waals surface area contributed by atoms with E-state index in [0.29, 0.717) is 28.8 Å². The van der Waals surface area contributed by atoms with Gasteiger partial charge in [-0.1, -0.05) is 11.6 Å². The number of aliphatic hydroxyl groups is 1. The minimum atomic E-state index is -0.375. The molecule has 0 radical (unpaired) electrons. The molecule has 1 aliphatic rings. The summed E-state index contributed by atoms with van der Waals surface area (Å²) in [5.74, 6) is 1.87. The highest BCUT2D eigenvalue weighted by atomic mass is 35.5. The molecule has 8 heteroatoms. The van der Waals surface area contributed by atoms with E-state index in [1.807, 2.05) is 6.07 Å². The molecule has 1 saturated heterocycles. The summed E-state index contributed by atoms with van der Waals surface area (Å²) in [5.41, 5.74) is 1.45. The maximum absolute atomic E-state index is 10.1. The number of rotatable bonds is 3. The number of hydrogen-bond donors (Lipinski definition) is 1. The minimum Gasteiger partial charge on any atom is -0.494 e. The predicted octanol–water partition coefficient (Wildman–Crippen LogP) is 2.71. The molecule has 0 aromatic carbocycles. The van der Waals surface area contributed by atoms with Gasteiger partial charge in [-0.05, 0) is 25.0 Å². The molecule has 4 heterocycles. The van der Waals surface area contributed by atoms with Crippen LogP contribution in [0.2, 0.25) is 5.15 Å². The maximum atomic E-state index is 10.1. The van der Waals surface area contributed by atoms with Crippen molar-refractivity contribution in [2.75, 3.05) is 25.1 Å². The lowest BCUT2D eigenvalue weighted by molar-refractivity contribution is 0.154. The number of pyridine rings is 2. The van der Waals surface area contributed by atoms with Crippen molar-refractivity contribution in [2.45, 2.75) is 18.9 Å². The Morgan fingerprint density at radius 1 is 1.31 bits per heavy atom. The Morgan fingerprint density at radius 3 is 2.96 bits per heavy atom. The van der Waals surface area contributed by atoms with Crippen molar-refractivity contribution in [3.8, 4) is 17.1 Å². The molecule has 3 aromatic rings. The van der Waals surface area contributed by atoms with Crippen molar-refractivity contribution in [1.82, 2.24) is 19.9 Å². The number of aliphatic hydroxyl groups excluding tert-OH is 1. The van der Waals surface area contributed by atoms with Crippen molar-refractivity contribution in [3.05, 3.63) is 35.9 Å². The zero-order chi connectivity index (χ0) is 18.1. The molecule has 1 aliphatic heterocycles. The maximum Gasteiger partial charge on any atom is 0.162 e. The number of anilines is 1. The fourth-order valence-electron chi connectivity index (χ4n) is 3.24. The smallest absolute Gasteiger partial charge is 0.162 e. The molecule has 1 fully saturated rings. The van der Waals surface area contributed by atoms with E-state index in [9.17, 15) is 5.11 Å². The Balaban J connectivity index is 1.93. The lowest BCUT2D eigenvalue weighted by atomic mass is 10.1. The van der Waals surface area contributed by atoms with E-state index in [4.69, 9.17) is 21.3 Å². The number of methoxy groups -OCH3 is 1. The summed E-state index contributed by atoms with van der Waals surface area (Å²) in [6, 6.07) is 3.54. The van der Waals surface area contributed by atoms with Gasteiger partial charge in [0.25, 0.3) is 0 Å². The van der Waals surface area contributed by atoms with Crippen LogP contribution in [0.1, 0.15) is 12.8 Å². The second-order valence-corrected chi connectivity index (χ2v) is 6.60. The van der Waals surface area contributed by atoms with E-state index in [2.05, 4.69) is 19.9 Å². The molecule has 0 aliphatic carbocycles. The normalized spacial score (nSPS) is 17.5. The van der Waals surface area contributed by atoms with Crippen LogP contribution in [0.15, 0.2) is 30.7 Å². The van der Waals surface area contributed by atoms with Crippen LogP contribution in [0.5, 0.6) is 5.75 Å². The summed E-state index contributed by atoms with van der Waals surface area (Å²) in [4.78, 5) is 19.7. The standard InChI is InChI=1S/C18H18ClN5O2/c1-26-14-9-20-8-13-16(14)18(24-6-2-3-12(25)10-24)23-17(22-13)11-4-5-21-15(19)7-11/h4-5,7-9,12,25H,2-3,6,10H2,1H3/t12-/m1/s1. The number of aromatic nitrogens is 4. The highest BCUT2D eigenvalue weighted by Gasteiger charge is 2.24. The van der Waals surface area contributed by atoms with Gasteiger partial charge in [-0.15, -0.1) is 0 Å². The fourth-order valence-corrected chi connectivity index (χ4v) is 3.41. The van der Waals surface area contributed by atoms with Crippen molar-refractivity contribution in [2.24, 2.45) is 0 Å². The number of fused-ring (bicyclic) bond motifs is 1. The van der Waals surface area contributed by atoms with Gasteiger partial charge in [0.05, 0.1) is 36.5 Å². The molecular formula is C18H18ClN5O2. The zero-order valence-electron chi connectivity index (χ0n) is 14.3. The predicted molar refractivity (Wildman–Crippen MR) is 99.6 cm³/mol. The molecule has 0 saturated carbocycles. The van der Waals surface area contributed by atoms with Crippen LogP contribution in [0.25, 0.3) is 22.3 Å². The first-order valence-corrected chi connectivity index (χ1v) is 8.78. The van der Waals surface area contributed by atoms with Gasteiger partial charge in [-0.3, -0.25) is 4.98 Å². The van der Waals surface area contributed by atoms with E-state index in [1.165, 1.54) is 0 Å². The van der Waals surface area contributed by atoms with Crippen molar-refractivity contribution in [3.63, 3.8) is 0 Å². The van der Waals surface area contributed by atoms with Gasteiger partial charge in [0, 0.05) is 24.8 Å². The first-order chi connectivity index (χ1) is 12.7. The molecule has 0 spiro atoms. The highest BCUT2D eigenvalue weighted by Crippen LogP contribution is 2.34. The van der Waals surface area contributed by atoms with Crippen LogP contribution in [0.3, 0.4) is 0 Å². The second kappa shape index (κ2) is 7.01. The lowest BCUT2D eigenvalue weighted by Gasteiger charge is -2.32. The third kappa shape index (κ3) is 3.15. The Labute approximate surface area is 155 Å². The summed E-state index contributed by atoms with van der Waals surface area (Å²) in [6.45, 7) is 1.33. The zero-order valence-corrected chi connectivity index (χ0v) is 15.0. The van der Waals surface area contributed by atoms with Crippen molar-refractivity contribution in [1.29, 1.82) is 0 Å². The fraction of sp³-hybridized carbons (Fsp3) is 0.333. The van der Waals surface area contributed by atoms with Crippen LogP contribution in [-0.4, -0.2) is 51.3 Å². The largest absolute Gasteiger partial charge is 0.494 e. The number of β-amino-alcohol motifs (C(OH)–C–C–N with tert-alkyl or cyclic N) is 1. The molecule has 0 amide bonds. The van der Waals surface area contributed by atoms with Crippen LogP contribution in [-0.2, 0) is 0 Å². The minimum absolute atomic E-state index is 0.375. The van der Waals surface area contributed by atoms with Gasteiger partial charge in [-0.25, -0.2) is 15.0 Å². The lowest BCUT2D eigenvalue weighted by Crippen LogP contribution is -2.39. The summed E-state index contributed by atoms with van der Waals surface area (Å²) in [6.07, 6.45) is 6.29. The molecule has 26 heavy (non-hydrogen) atoms. The van der Waals surface area contributed by atoms with E-state index in [-0.39, 0.29) is 6.10 Å². The van der Waals surface area contributed by atoms with Gasteiger partial charge >= 0.3 is 0 Å². The summed E-state index contributed by atoms with van der Waals surface area (Å²) in [7, 11) is 1.60. The second-order valence-electron chi connectivity index (χ2n) is 6.22. The number of nitrogens with zero attached hydrogens (tertiary/aromatic N) is 5. The van der Waals surface area contributed by atoms with Crippen LogP contribution in [0, 0.1) is 0 Å². The monoisotopic (exact) mass is 371 g/mol. The highest BCUT2D eigenvalue weighted by molar-refractivity contribution is 6.29. The van der Waals surface area contributed by atoms with E-state index in [0.717, 1.165) is 36.2 Å². The molecule has 1 atom stereocenters. The first kappa shape index (κ1) is 16.9. The molecule has 4 rings (SSSR count). The summed E-state index contributed by atoms with van der Waals surface area (Å²) in [5, 5.41) is 11.3. The van der Waals surface area contributed by atoms with Gasteiger partial charge in [0.1, 0.15) is 16.7 Å². The van der Waals surface area contributed by atoms with E-state index in [1.54, 1.807) is 31.8 Å². The topological polar surface area (TPSA) is 84.3 Å². The van der Waals surface area contributed by atoms with Gasteiger partial charge < -0.3 is 14.7 Å². The van der Waals surface area contributed by atoms with Crippen LogP contribution < -0.4 is 9.64 Å². The van der Waals surface area contributed by atoms with Crippen molar-refractivity contribution < 1.29 is 9.84 Å². The SMILES string of the molecule is COc1cncc2nc(-c3ccnc(Cl)c3)nc(N3CCC[C@@H](O)C3)c12. The molecule has 134 valence electrons. The third-order valence-corrected chi connectivity index (χ3v) is 4.66. The Bertz CT molecular complexity index is 952. The Kier molecular flexibility index (Phi) is 4.57. The Morgan fingerprint density at radius 2 is 2.19 bits per heavy atom. The molecule has 0 bridgehead atoms. The van der Waals surface area contributed by atoms with Gasteiger partial charge in [0.2, 0.25) is 0 Å². The number of ether oxygens (including phenoxy) is 1.